The van der Waals surface area contributed by atoms with Crippen LogP contribution in [0.2, 0.25) is 0 Å². The van der Waals surface area contributed by atoms with Crippen LogP contribution in [0.3, 0.4) is 0 Å². The third-order valence-corrected chi connectivity index (χ3v) is 5.21. The van der Waals surface area contributed by atoms with Gasteiger partial charge in [0, 0.05) is 29.7 Å². The van der Waals surface area contributed by atoms with E-state index in [0.29, 0.717) is 29.0 Å². The lowest BCUT2D eigenvalue weighted by Crippen LogP contribution is -2.09. The topological polar surface area (TPSA) is 76.7 Å². The quantitative estimate of drug-likeness (QED) is 0.342. The van der Waals surface area contributed by atoms with E-state index in [0.717, 1.165) is 16.7 Å². The summed E-state index contributed by atoms with van der Waals surface area (Å²) in [7, 11) is 0. The normalized spacial score (nSPS) is 11.8. The van der Waals surface area contributed by atoms with Crippen LogP contribution >= 0.6 is 0 Å². The Morgan fingerprint density at radius 2 is 1.58 bits per heavy atom. The van der Waals surface area contributed by atoms with Crippen LogP contribution in [0.4, 0.5) is 10.3 Å². The molecule has 3 aromatic heterocycles. The second kappa shape index (κ2) is 9.00. The van der Waals surface area contributed by atoms with Crippen LogP contribution in [0.1, 0.15) is 18.5 Å². The molecule has 0 aliphatic rings. The molecule has 0 amide bonds. The van der Waals surface area contributed by atoms with Gasteiger partial charge in [-0.25, -0.2) is 19.3 Å². The smallest absolute Gasteiger partial charge is 0.227 e. The summed E-state index contributed by atoms with van der Waals surface area (Å²) in [5.41, 5.74) is 3.77. The molecule has 0 bridgehead atoms. The maximum absolute atomic E-state index is 13.5. The Bertz CT molecular complexity index is 1350. The fraction of sp³-hybridized carbons (Fsp3) is 0.0769. The molecule has 0 aliphatic carbocycles. The molecule has 1 N–H and O–H groups in total. The van der Waals surface area contributed by atoms with Crippen LogP contribution in [0.25, 0.3) is 34.2 Å². The van der Waals surface area contributed by atoms with E-state index in [-0.39, 0.29) is 11.9 Å². The average molecular weight is 437 g/mol. The van der Waals surface area contributed by atoms with Gasteiger partial charge in [0.2, 0.25) is 11.8 Å². The van der Waals surface area contributed by atoms with Crippen molar-refractivity contribution >= 4 is 5.95 Å². The van der Waals surface area contributed by atoms with E-state index in [9.17, 15) is 4.39 Å². The summed E-state index contributed by atoms with van der Waals surface area (Å²) >= 11 is 0. The molecule has 3 heterocycles. The number of benzene rings is 2. The van der Waals surface area contributed by atoms with Crippen LogP contribution in [0, 0.1) is 5.82 Å². The van der Waals surface area contributed by atoms with Gasteiger partial charge in [-0.15, -0.1) is 0 Å². The molecule has 6 nitrogen and oxygen atoms in total. The first-order valence-electron chi connectivity index (χ1n) is 10.5. The maximum atomic E-state index is 13.5. The Hall–Kier alpha value is -4.39. The van der Waals surface area contributed by atoms with Gasteiger partial charge in [-0.05, 0) is 55.0 Å². The maximum Gasteiger partial charge on any atom is 0.227 e. The van der Waals surface area contributed by atoms with Gasteiger partial charge in [0.1, 0.15) is 17.2 Å². The minimum atomic E-state index is -0.318. The van der Waals surface area contributed by atoms with Gasteiger partial charge in [0.05, 0.1) is 6.04 Å². The predicted molar refractivity (Wildman–Crippen MR) is 125 cm³/mol. The first-order valence-corrected chi connectivity index (χ1v) is 10.5. The number of anilines is 1. The predicted octanol–water partition coefficient (Wildman–Crippen LogP) is 6.17. The summed E-state index contributed by atoms with van der Waals surface area (Å²) in [6.07, 6.45) is 5.02. The highest BCUT2D eigenvalue weighted by Crippen LogP contribution is 2.35. The summed E-state index contributed by atoms with van der Waals surface area (Å²) in [5.74, 6) is 1.06. The Kier molecular flexibility index (Phi) is 5.59. The summed E-state index contributed by atoms with van der Waals surface area (Å²) in [6.45, 7) is 2.05. The summed E-state index contributed by atoms with van der Waals surface area (Å²) in [5, 5.41) is 3.33. The molecule has 0 aliphatic heterocycles. The van der Waals surface area contributed by atoms with E-state index in [4.69, 9.17) is 9.40 Å². The van der Waals surface area contributed by atoms with Crippen molar-refractivity contribution in [3.8, 4) is 34.2 Å². The second-order valence-corrected chi connectivity index (χ2v) is 7.48. The fourth-order valence-electron chi connectivity index (χ4n) is 3.49. The Balaban J connectivity index is 1.55. The molecule has 5 aromatic rings. The van der Waals surface area contributed by atoms with Gasteiger partial charge in [0.25, 0.3) is 0 Å². The number of pyridine rings is 1. The average Bonchev–Trinajstić information content (AvgIpc) is 3.31. The Labute approximate surface area is 190 Å². The summed E-state index contributed by atoms with van der Waals surface area (Å²) < 4.78 is 19.7. The number of halogens is 1. The first kappa shape index (κ1) is 20.5. The van der Waals surface area contributed by atoms with E-state index in [1.807, 2.05) is 49.4 Å². The minimum Gasteiger partial charge on any atom is -0.434 e. The van der Waals surface area contributed by atoms with E-state index in [1.165, 1.54) is 12.1 Å². The lowest BCUT2D eigenvalue weighted by molar-refractivity contribution is 0.586. The molecule has 5 rings (SSSR count). The number of rotatable bonds is 6. The first-order chi connectivity index (χ1) is 16.2. The summed E-state index contributed by atoms with van der Waals surface area (Å²) in [4.78, 5) is 17.8. The van der Waals surface area contributed by atoms with Crippen molar-refractivity contribution in [1.82, 2.24) is 19.9 Å². The van der Waals surface area contributed by atoms with Crippen LogP contribution < -0.4 is 5.32 Å². The molecule has 0 unspecified atom stereocenters. The van der Waals surface area contributed by atoms with Gasteiger partial charge in [-0.1, -0.05) is 30.3 Å². The molecule has 162 valence electrons. The zero-order chi connectivity index (χ0) is 22.6. The Morgan fingerprint density at radius 1 is 0.818 bits per heavy atom. The van der Waals surface area contributed by atoms with Gasteiger partial charge < -0.3 is 9.73 Å². The molecule has 33 heavy (non-hydrogen) atoms. The highest BCUT2D eigenvalue weighted by Gasteiger charge is 2.20. The molecular weight excluding hydrogens is 417 g/mol. The fourth-order valence-corrected chi connectivity index (χ4v) is 3.49. The molecule has 1 atom stereocenters. The third-order valence-electron chi connectivity index (χ3n) is 5.21. The molecule has 0 saturated carbocycles. The highest BCUT2D eigenvalue weighted by molar-refractivity contribution is 5.77. The molecule has 0 radical (unpaired) electrons. The second-order valence-electron chi connectivity index (χ2n) is 7.48. The third kappa shape index (κ3) is 4.48. The van der Waals surface area contributed by atoms with Gasteiger partial charge in [-0.3, -0.25) is 4.98 Å². The monoisotopic (exact) mass is 437 g/mol. The van der Waals surface area contributed by atoms with E-state index in [2.05, 4.69) is 20.3 Å². The van der Waals surface area contributed by atoms with Crippen molar-refractivity contribution in [2.24, 2.45) is 0 Å². The van der Waals surface area contributed by atoms with Crippen molar-refractivity contribution in [2.75, 3.05) is 5.32 Å². The Morgan fingerprint density at radius 3 is 2.33 bits per heavy atom. The zero-order valence-electron chi connectivity index (χ0n) is 17.8. The van der Waals surface area contributed by atoms with Crippen LogP contribution in [-0.2, 0) is 0 Å². The zero-order valence-corrected chi connectivity index (χ0v) is 17.8. The van der Waals surface area contributed by atoms with Crippen LogP contribution in [0.5, 0.6) is 0 Å². The van der Waals surface area contributed by atoms with Gasteiger partial charge in [-0.2, -0.15) is 0 Å². The lowest BCUT2D eigenvalue weighted by Gasteiger charge is -2.14. The van der Waals surface area contributed by atoms with E-state index in [1.54, 1.807) is 36.8 Å². The number of nitrogens with zero attached hydrogens (tertiary/aromatic N) is 4. The number of hydrogen-bond donors (Lipinski definition) is 1. The van der Waals surface area contributed by atoms with Crippen molar-refractivity contribution in [3.63, 3.8) is 0 Å². The molecule has 2 aromatic carbocycles. The van der Waals surface area contributed by atoms with Crippen LogP contribution in [0.15, 0.2) is 95.8 Å². The van der Waals surface area contributed by atoms with Crippen molar-refractivity contribution in [1.29, 1.82) is 0 Å². The highest BCUT2D eigenvalue weighted by atomic mass is 19.1. The largest absolute Gasteiger partial charge is 0.434 e. The molecule has 7 heteroatoms. The van der Waals surface area contributed by atoms with Crippen molar-refractivity contribution < 1.29 is 8.81 Å². The lowest BCUT2D eigenvalue weighted by atomic mass is 10.1. The van der Waals surface area contributed by atoms with Crippen molar-refractivity contribution in [2.45, 2.75) is 13.0 Å². The van der Waals surface area contributed by atoms with Gasteiger partial charge >= 0.3 is 0 Å². The number of nitrogens with one attached hydrogen (secondary N) is 1. The number of hydrogen-bond acceptors (Lipinski definition) is 6. The minimum absolute atomic E-state index is 0.0140. The molecule has 0 fully saturated rings. The SMILES string of the molecule is C[C@H](Nc1nccc(-c2oc(-c3ccncc3)nc2-c2ccc(F)cc2)n1)c1ccccc1. The standard InChI is InChI=1S/C26H20FN5O/c1-17(18-5-3-2-4-6-18)30-26-29-16-13-22(31-26)24-23(19-7-9-21(27)10-8-19)32-25(33-24)20-11-14-28-15-12-20/h2-17H,1H3,(H,29,30,31)/t17-/m0/s1. The summed E-state index contributed by atoms with van der Waals surface area (Å²) in [6, 6.07) is 21.6. The van der Waals surface area contributed by atoms with Crippen LogP contribution in [-0.4, -0.2) is 19.9 Å². The van der Waals surface area contributed by atoms with Crippen molar-refractivity contribution in [3.05, 3.63) is 103 Å². The molecule has 0 spiro atoms. The molecule has 0 saturated heterocycles. The van der Waals surface area contributed by atoms with Gasteiger partial charge in [0.15, 0.2) is 5.76 Å². The number of oxazole rings is 1. The van der Waals surface area contributed by atoms with E-state index < -0.39 is 0 Å². The molecular formula is C26H20FN5O. The van der Waals surface area contributed by atoms with E-state index >= 15 is 0 Å². The number of aromatic nitrogens is 4.